The Hall–Kier alpha value is -7.94. The number of carboxylic acids is 6. The van der Waals surface area contributed by atoms with Gasteiger partial charge in [0.2, 0.25) is 0 Å². The highest BCUT2D eigenvalue weighted by atomic mass is 32.2. The summed E-state index contributed by atoms with van der Waals surface area (Å²) in [5.74, 6) is -25.5. The molecule has 0 aliphatic heterocycles. The first kappa shape index (κ1) is 125. The van der Waals surface area contributed by atoms with E-state index in [4.69, 9.17) is 85.4 Å². The lowest BCUT2D eigenvalue weighted by Crippen LogP contribution is -2.56. The van der Waals surface area contributed by atoms with E-state index in [0.717, 1.165) is 24.1 Å². The molecule has 40 nitrogen and oxygen atoms in total. The number of hydrogen-bond acceptors (Lipinski definition) is 28. The van der Waals surface area contributed by atoms with Crippen molar-refractivity contribution < 1.29 is 242 Å². The summed E-state index contributed by atoms with van der Waals surface area (Å²) in [6, 6.07) is 5.99. The topological polar surface area (TPSA) is 666 Å². The van der Waals surface area contributed by atoms with Crippen LogP contribution in [-0.4, -0.2) is 289 Å². The zero-order valence-electron chi connectivity index (χ0n) is 57.3. The quantitative estimate of drug-likeness (QED) is 0.00961. The monoisotopic (exact) mass is 1760 g/mol. The molecule has 12 N–H and O–H groups in total. The minimum absolute atomic E-state index is 0.0362. The number of esters is 3. The van der Waals surface area contributed by atoms with Crippen molar-refractivity contribution in [2.45, 2.75) is 94.4 Å². The average Bonchev–Trinajstić information content (AvgIpc) is 0.771. The Kier molecular flexibility index (Phi) is 73.0. The molecular formula is C50H79F13O40S6. The van der Waals surface area contributed by atoms with Gasteiger partial charge >= 0.3 is 93.5 Å². The highest BCUT2D eigenvalue weighted by molar-refractivity contribution is 7.87. The molecule has 0 radical (unpaired) electrons. The van der Waals surface area contributed by atoms with Crippen LogP contribution in [0.1, 0.15) is 58.4 Å². The van der Waals surface area contributed by atoms with Crippen LogP contribution in [0, 0.1) is 6.92 Å². The highest BCUT2D eigenvalue weighted by Crippen LogP contribution is 2.46. The summed E-state index contributed by atoms with van der Waals surface area (Å²) in [6.45, 7) is 17.1. The van der Waals surface area contributed by atoms with Crippen LogP contribution >= 0.6 is 0 Å². The van der Waals surface area contributed by atoms with E-state index < -0.39 is 150 Å². The number of rotatable bonds is 30. The Bertz CT molecular complexity index is 3540. The first-order chi connectivity index (χ1) is 48.5. The number of carbonyl (C=O) groups excluding carboxylic acids is 3. The SMILES string of the molecule is C=C(C)C(=O)OCCCS(=O)(=O)O.C=CC(=O)O.C=CC(=O)OCCOC(=O)CCC(=O)O.CCCCS(=O)(=O)O.CCS(=O)(=O)O.COCC(=O)O.COCCOCCOCC(=O)O.CS(=O)(=O)O.Cc1ccc(S(=O)(=O)O)cc1.O=C(O)C(F)(F)C(F)(F)C(F)(F)F.O=C(O)C(F)(F)F.O=S(=O)(O)C(F)(F)F. The summed E-state index contributed by atoms with van der Waals surface area (Å²) in [7, 11) is -21.9. The number of ether oxygens (including phenoxy) is 7. The molecular weight excluding hydrogens is 1680 g/mol. The summed E-state index contributed by atoms with van der Waals surface area (Å²) in [4.78, 5) is 89.0. The molecule has 1 aromatic rings. The van der Waals surface area contributed by atoms with Gasteiger partial charge in [-0.05, 0) is 45.7 Å². The van der Waals surface area contributed by atoms with Crippen LogP contribution in [0.4, 0.5) is 57.1 Å². The molecule has 0 amide bonds. The predicted molar refractivity (Wildman–Crippen MR) is 341 cm³/mol. The van der Waals surface area contributed by atoms with Gasteiger partial charge in [-0.3, -0.25) is 36.9 Å². The number of alkyl halides is 13. The van der Waals surface area contributed by atoms with Crippen LogP contribution in [0.3, 0.4) is 0 Å². The van der Waals surface area contributed by atoms with E-state index in [-0.39, 0.29) is 74.3 Å². The van der Waals surface area contributed by atoms with Crippen molar-refractivity contribution in [1.82, 2.24) is 0 Å². The van der Waals surface area contributed by atoms with Gasteiger partial charge < -0.3 is 63.8 Å². The molecule has 59 heteroatoms. The van der Waals surface area contributed by atoms with Crippen molar-refractivity contribution in [2.24, 2.45) is 0 Å². The van der Waals surface area contributed by atoms with Gasteiger partial charge in [0.05, 0.1) is 74.3 Å². The predicted octanol–water partition coefficient (Wildman–Crippen LogP) is 4.48. The number of benzene rings is 1. The molecule has 0 heterocycles. The van der Waals surface area contributed by atoms with E-state index in [1.807, 2.05) is 13.8 Å². The third-order valence-electron chi connectivity index (χ3n) is 7.89. The Morgan fingerprint density at radius 3 is 1.11 bits per heavy atom. The van der Waals surface area contributed by atoms with E-state index >= 15 is 0 Å². The molecule has 0 bridgehead atoms. The van der Waals surface area contributed by atoms with Crippen molar-refractivity contribution in [3.8, 4) is 0 Å². The van der Waals surface area contributed by atoms with E-state index in [0.29, 0.717) is 39.1 Å². The van der Waals surface area contributed by atoms with E-state index in [9.17, 15) is 138 Å². The lowest BCUT2D eigenvalue weighted by atomic mass is 10.1. The molecule has 0 aliphatic rings. The normalized spacial score (nSPS) is 11.1. The largest absolute Gasteiger partial charge is 0.522 e. The summed E-state index contributed by atoms with van der Waals surface area (Å²) in [6.07, 6.45) is -8.19. The lowest BCUT2D eigenvalue weighted by Gasteiger charge is -2.24. The van der Waals surface area contributed by atoms with Crippen LogP contribution in [0.5, 0.6) is 0 Å². The van der Waals surface area contributed by atoms with E-state index in [1.54, 1.807) is 19.2 Å². The van der Waals surface area contributed by atoms with Crippen molar-refractivity contribution in [3.05, 3.63) is 67.3 Å². The molecule has 1 rings (SSSR count). The zero-order valence-corrected chi connectivity index (χ0v) is 62.2. The van der Waals surface area contributed by atoms with Crippen molar-refractivity contribution in [3.63, 3.8) is 0 Å². The summed E-state index contributed by atoms with van der Waals surface area (Å²) >= 11 is 0. The second-order valence-electron chi connectivity index (χ2n) is 17.7. The fourth-order valence-corrected chi connectivity index (χ4v) is 4.78. The molecule has 0 spiro atoms. The number of hydrogen-bond donors (Lipinski definition) is 12. The molecule has 0 saturated carbocycles. The van der Waals surface area contributed by atoms with E-state index in [1.165, 1.54) is 33.1 Å². The summed E-state index contributed by atoms with van der Waals surface area (Å²) < 4.78 is 341. The van der Waals surface area contributed by atoms with Gasteiger partial charge in [-0.15, -0.1) is 0 Å². The van der Waals surface area contributed by atoms with Gasteiger partial charge in [0, 0.05) is 31.9 Å². The number of carbonyl (C=O) groups is 9. The maximum Gasteiger partial charge on any atom is 0.522 e. The Balaban J connectivity index is -0.000000108. The molecule has 0 fully saturated rings. The maximum absolute atomic E-state index is 11.8. The van der Waals surface area contributed by atoms with Gasteiger partial charge in [-0.2, -0.15) is 108 Å². The van der Waals surface area contributed by atoms with Crippen molar-refractivity contribution in [1.29, 1.82) is 0 Å². The van der Waals surface area contributed by atoms with Gasteiger partial charge in [0.1, 0.15) is 26.4 Å². The Morgan fingerprint density at radius 2 is 0.872 bits per heavy atom. The minimum Gasteiger partial charge on any atom is -0.481 e. The van der Waals surface area contributed by atoms with Gasteiger partial charge in [-0.25, -0.2) is 33.6 Å². The molecule has 109 heavy (non-hydrogen) atoms. The number of carboxylic acid groups (broad SMARTS) is 6. The fraction of sp³-hybridized carbons (Fsp3) is 0.580. The number of unbranched alkanes of at least 4 members (excludes halogenated alkanes) is 1. The molecule has 0 aliphatic carbocycles. The van der Waals surface area contributed by atoms with Crippen LogP contribution in [0.15, 0.2) is 66.6 Å². The zero-order chi connectivity index (χ0) is 89.6. The van der Waals surface area contributed by atoms with Crippen LogP contribution < -0.4 is 0 Å². The molecule has 0 atom stereocenters. The minimum atomic E-state index is -6.60. The molecule has 0 aromatic heterocycles. The first-order valence-corrected chi connectivity index (χ1v) is 36.6. The van der Waals surface area contributed by atoms with Crippen molar-refractivity contribution >= 4 is 114 Å². The van der Waals surface area contributed by atoms with Crippen molar-refractivity contribution in [2.75, 3.05) is 97.2 Å². The average molecular weight is 1760 g/mol. The standard InChI is InChI=1S/C9H12O6.C7H12O5S.C7H14O5.C7H8O3S.C4HF7O2.C4H10O3S.C3H6O3.C3H4O2.C2HF3O2.C2H6O3S.CHF3O3S.CH4O3S/c1-2-8(12)14-5-6-15-9(13)4-3-7(10)11;1-6(2)7(8)12-4-3-5-13(9,10)11;1-10-2-3-11-4-5-12-6-7(8)9;1-6-2-4-7(5-3-6)11(8,9)10;5-2(6,1(12)13)3(7,8)4(9,10)11;1-2-3-4-8(5,6)7;1-6-2-3(4)5;1-2-3(4)5;3-2(4,5)1(6)7;1-2-6(3,4)5;2-1(3,4)8(5,6)7;1-5(2,3)4/h2H,1,3-6H2,(H,10,11);1,3-5H2,2H3,(H,9,10,11);2-6H2,1H3,(H,8,9);2-5H,1H3,(H,8,9,10);(H,12,13);2-4H2,1H3,(H,5,6,7);2H2,1H3,(H,4,5);2H,1H2,(H,4,5);(H,6,7);2H2,1H3,(H,3,4,5);(H,5,6,7);1H3,(H,2,3,4). The second-order valence-corrected chi connectivity index (χ2v) is 26.9. The van der Waals surface area contributed by atoms with E-state index in [2.05, 4.69) is 38.7 Å². The smallest absolute Gasteiger partial charge is 0.481 e. The number of halogens is 13. The van der Waals surface area contributed by atoms with Crippen LogP contribution in [-0.2, 0) is 137 Å². The number of aryl methyl sites for hydroxylation is 1. The lowest BCUT2D eigenvalue weighted by molar-refractivity contribution is -0.347. The van der Waals surface area contributed by atoms with Crippen LogP contribution in [0.25, 0.3) is 0 Å². The fourth-order valence-electron chi connectivity index (χ4n) is 3.16. The highest BCUT2D eigenvalue weighted by Gasteiger charge is 2.76. The Labute approximate surface area is 612 Å². The van der Waals surface area contributed by atoms with Gasteiger partial charge in [-0.1, -0.05) is 50.8 Å². The number of aliphatic carboxylic acids is 6. The molecule has 0 unspecified atom stereocenters. The molecule has 0 saturated heterocycles. The number of methoxy groups -OCH3 is 2. The third-order valence-corrected chi connectivity index (χ3v) is 11.7. The van der Waals surface area contributed by atoms with Gasteiger partial charge in [0.15, 0.2) is 0 Å². The second kappa shape index (κ2) is 63.8. The first-order valence-electron chi connectivity index (χ1n) is 27.1. The van der Waals surface area contributed by atoms with Gasteiger partial charge in [0.25, 0.3) is 50.6 Å². The third kappa shape index (κ3) is 106. The van der Waals surface area contributed by atoms with Crippen LogP contribution in [0.2, 0.25) is 0 Å². The Morgan fingerprint density at radius 1 is 0.505 bits per heavy atom. The summed E-state index contributed by atoms with van der Waals surface area (Å²) in [5, 5.41) is 46.3. The molecule has 646 valence electrons. The maximum atomic E-state index is 11.8. The summed E-state index contributed by atoms with van der Waals surface area (Å²) in [5.41, 5.74) is -4.32. The molecule has 1 aromatic carbocycles.